The Morgan fingerprint density at radius 3 is 2.57 bits per heavy atom. The summed E-state index contributed by atoms with van der Waals surface area (Å²) < 4.78 is 3.69. The van der Waals surface area contributed by atoms with E-state index >= 15 is 0 Å². The smallest absolute Gasteiger partial charge is 0.306 e. The van der Waals surface area contributed by atoms with Gasteiger partial charge in [0, 0.05) is 17.1 Å². The maximum absolute atomic E-state index is 12.6. The van der Waals surface area contributed by atoms with E-state index < -0.39 is 17.3 Å². The van der Waals surface area contributed by atoms with E-state index in [1.807, 2.05) is 0 Å². The standard InChI is InChI=1S/C15H13BrN4O3/c1-8(12(21)9-3-5-10(16)6-4-9)20-7-17-11-13(22)18-15(23)19(2)14(11)20/h3-8H,1-2H3,(H,18,22,23)/t8-/m1/s1. The predicted octanol–water partition coefficient (Wildman–Crippen LogP) is 1.63. The van der Waals surface area contributed by atoms with Gasteiger partial charge >= 0.3 is 5.69 Å². The molecule has 2 heterocycles. The minimum atomic E-state index is -0.603. The quantitative estimate of drug-likeness (QED) is 0.703. The summed E-state index contributed by atoms with van der Waals surface area (Å²) >= 11 is 3.33. The first-order valence-electron chi connectivity index (χ1n) is 6.85. The van der Waals surface area contributed by atoms with Gasteiger partial charge in [-0.25, -0.2) is 9.78 Å². The highest BCUT2D eigenvalue weighted by atomic mass is 79.9. The number of imidazole rings is 1. The number of nitrogens with zero attached hydrogens (tertiary/aromatic N) is 3. The van der Waals surface area contributed by atoms with Gasteiger partial charge in [-0.15, -0.1) is 0 Å². The molecule has 0 unspecified atom stereocenters. The van der Waals surface area contributed by atoms with Gasteiger partial charge < -0.3 is 4.57 Å². The molecule has 1 atom stereocenters. The van der Waals surface area contributed by atoms with Gasteiger partial charge in [-0.1, -0.05) is 28.1 Å². The summed E-state index contributed by atoms with van der Waals surface area (Å²) in [5, 5.41) is 0. The number of nitrogens with one attached hydrogen (secondary N) is 1. The maximum Gasteiger partial charge on any atom is 0.329 e. The molecule has 3 rings (SSSR count). The third kappa shape index (κ3) is 2.55. The summed E-state index contributed by atoms with van der Waals surface area (Å²) in [7, 11) is 1.52. The fourth-order valence-corrected chi connectivity index (χ4v) is 2.71. The molecule has 7 nitrogen and oxygen atoms in total. The summed E-state index contributed by atoms with van der Waals surface area (Å²) in [5.74, 6) is -0.135. The van der Waals surface area contributed by atoms with E-state index in [2.05, 4.69) is 25.9 Å². The fourth-order valence-electron chi connectivity index (χ4n) is 2.45. The van der Waals surface area contributed by atoms with Crippen LogP contribution in [-0.4, -0.2) is 24.9 Å². The van der Waals surface area contributed by atoms with Gasteiger partial charge in [0.05, 0.1) is 12.4 Å². The number of aryl methyl sites for hydroxylation is 1. The molecule has 0 aliphatic carbocycles. The monoisotopic (exact) mass is 376 g/mol. The maximum atomic E-state index is 12.6. The van der Waals surface area contributed by atoms with E-state index in [1.54, 1.807) is 31.2 Å². The molecule has 0 spiro atoms. The lowest BCUT2D eigenvalue weighted by Crippen LogP contribution is -2.30. The van der Waals surface area contributed by atoms with Crippen LogP contribution < -0.4 is 11.2 Å². The van der Waals surface area contributed by atoms with Crippen LogP contribution in [0.2, 0.25) is 0 Å². The van der Waals surface area contributed by atoms with Gasteiger partial charge in [0.25, 0.3) is 5.56 Å². The molecule has 2 aromatic heterocycles. The Balaban J connectivity index is 2.13. The lowest BCUT2D eigenvalue weighted by atomic mass is 10.1. The Morgan fingerprint density at radius 2 is 1.91 bits per heavy atom. The van der Waals surface area contributed by atoms with E-state index in [4.69, 9.17) is 0 Å². The van der Waals surface area contributed by atoms with Gasteiger partial charge in [0.1, 0.15) is 0 Å². The normalized spacial score (nSPS) is 12.5. The second-order valence-corrected chi connectivity index (χ2v) is 6.11. The molecule has 1 N–H and O–H groups in total. The largest absolute Gasteiger partial charge is 0.329 e. The van der Waals surface area contributed by atoms with E-state index in [-0.39, 0.29) is 11.3 Å². The lowest BCUT2D eigenvalue weighted by molar-refractivity contribution is 0.0936. The molecule has 0 fully saturated rings. The number of carbonyl (C=O) groups excluding carboxylic acids is 1. The number of carbonyl (C=O) groups is 1. The van der Waals surface area contributed by atoms with Crippen molar-refractivity contribution in [3.05, 3.63) is 61.5 Å². The second kappa shape index (κ2) is 5.62. The molecular weight excluding hydrogens is 364 g/mol. The van der Waals surface area contributed by atoms with Gasteiger partial charge in [-0.05, 0) is 19.1 Å². The minimum Gasteiger partial charge on any atom is -0.306 e. The molecule has 3 aromatic rings. The molecule has 8 heteroatoms. The van der Waals surface area contributed by atoms with E-state index in [1.165, 1.54) is 22.5 Å². The Labute approximate surface area is 138 Å². The van der Waals surface area contributed by atoms with Gasteiger partial charge in [-0.3, -0.25) is 19.1 Å². The van der Waals surface area contributed by atoms with Crippen LogP contribution in [0.25, 0.3) is 11.2 Å². The Kier molecular flexibility index (Phi) is 3.77. The summed E-state index contributed by atoms with van der Waals surface area (Å²) in [6.45, 7) is 1.71. The highest BCUT2D eigenvalue weighted by Gasteiger charge is 2.21. The molecule has 1 aromatic carbocycles. The van der Waals surface area contributed by atoms with Crippen molar-refractivity contribution < 1.29 is 4.79 Å². The van der Waals surface area contributed by atoms with Crippen LogP contribution in [0.5, 0.6) is 0 Å². The number of Topliss-reactive ketones (excluding diaryl/α,β-unsaturated/α-hetero) is 1. The molecule has 118 valence electrons. The molecule has 0 radical (unpaired) electrons. The SMILES string of the molecule is C[C@H](C(=O)c1ccc(Br)cc1)n1cnc2c(=O)[nH]c(=O)n(C)c21. The Bertz CT molecular complexity index is 1010. The van der Waals surface area contributed by atoms with Crippen molar-refractivity contribution in [1.29, 1.82) is 0 Å². The van der Waals surface area contributed by atoms with Crippen molar-refractivity contribution in [1.82, 2.24) is 19.1 Å². The number of H-pyrrole nitrogens is 1. The zero-order valence-corrected chi connectivity index (χ0v) is 14.0. The topological polar surface area (TPSA) is 89.8 Å². The second-order valence-electron chi connectivity index (χ2n) is 5.19. The average molecular weight is 377 g/mol. The van der Waals surface area contributed by atoms with Crippen molar-refractivity contribution in [3.8, 4) is 0 Å². The highest BCUT2D eigenvalue weighted by molar-refractivity contribution is 9.10. The number of rotatable bonds is 3. The number of hydrogen-bond donors (Lipinski definition) is 1. The third-order valence-corrected chi connectivity index (χ3v) is 4.28. The first-order chi connectivity index (χ1) is 10.9. The zero-order valence-electron chi connectivity index (χ0n) is 12.4. The van der Waals surface area contributed by atoms with Crippen LogP contribution in [0.4, 0.5) is 0 Å². The molecule has 0 amide bonds. The number of aromatic nitrogens is 4. The number of hydrogen-bond acceptors (Lipinski definition) is 4. The first-order valence-corrected chi connectivity index (χ1v) is 7.65. The first kappa shape index (κ1) is 15.4. The Morgan fingerprint density at radius 1 is 1.26 bits per heavy atom. The fraction of sp³-hybridized carbons (Fsp3) is 0.200. The van der Waals surface area contributed by atoms with E-state index in [0.717, 1.165) is 4.47 Å². The lowest BCUT2D eigenvalue weighted by Gasteiger charge is -2.14. The van der Waals surface area contributed by atoms with Gasteiger partial charge in [0.15, 0.2) is 16.9 Å². The van der Waals surface area contributed by atoms with Crippen LogP contribution in [-0.2, 0) is 7.05 Å². The molecule has 0 aliphatic rings. The third-order valence-electron chi connectivity index (χ3n) is 3.75. The predicted molar refractivity (Wildman–Crippen MR) is 88.8 cm³/mol. The Hall–Kier alpha value is -2.48. The van der Waals surface area contributed by atoms with Crippen LogP contribution in [0.1, 0.15) is 23.3 Å². The molecule has 0 aliphatic heterocycles. The number of aromatic amines is 1. The van der Waals surface area contributed by atoms with Crippen molar-refractivity contribution in [3.63, 3.8) is 0 Å². The van der Waals surface area contributed by atoms with E-state index in [9.17, 15) is 14.4 Å². The van der Waals surface area contributed by atoms with Crippen molar-refractivity contribution in [2.75, 3.05) is 0 Å². The molecule has 0 bridgehead atoms. The summed E-state index contributed by atoms with van der Waals surface area (Å²) in [6, 6.07) is 6.40. The number of fused-ring (bicyclic) bond motifs is 1. The summed E-state index contributed by atoms with van der Waals surface area (Å²) in [4.78, 5) is 42.5. The molecular formula is C15H13BrN4O3. The van der Waals surface area contributed by atoms with Crippen molar-refractivity contribution in [2.24, 2.45) is 7.05 Å². The van der Waals surface area contributed by atoms with E-state index in [0.29, 0.717) is 11.2 Å². The van der Waals surface area contributed by atoms with Gasteiger partial charge in [0.2, 0.25) is 0 Å². The zero-order chi connectivity index (χ0) is 16.7. The van der Waals surface area contributed by atoms with Gasteiger partial charge in [-0.2, -0.15) is 0 Å². The van der Waals surface area contributed by atoms with Crippen LogP contribution in [0.15, 0.2) is 44.7 Å². The van der Waals surface area contributed by atoms with Crippen molar-refractivity contribution in [2.45, 2.75) is 13.0 Å². The number of halogens is 1. The molecule has 23 heavy (non-hydrogen) atoms. The molecule has 0 saturated carbocycles. The van der Waals surface area contributed by atoms with Crippen LogP contribution in [0, 0.1) is 0 Å². The summed E-state index contributed by atoms with van der Waals surface area (Å²) in [5.41, 5.74) is -0.130. The van der Waals surface area contributed by atoms with Crippen molar-refractivity contribution >= 4 is 32.9 Å². The number of ketones is 1. The summed E-state index contributed by atoms with van der Waals surface area (Å²) in [6.07, 6.45) is 1.40. The highest BCUT2D eigenvalue weighted by Crippen LogP contribution is 2.19. The molecule has 0 saturated heterocycles. The van der Waals surface area contributed by atoms with Crippen LogP contribution in [0.3, 0.4) is 0 Å². The van der Waals surface area contributed by atoms with Crippen LogP contribution >= 0.6 is 15.9 Å². The minimum absolute atomic E-state index is 0.127. The average Bonchev–Trinajstić information content (AvgIpc) is 2.97. The number of benzene rings is 1.